The van der Waals surface area contributed by atoms with Gasteiger partial charge in [0, 0.05) is 48.4 Å². The molecular formula is C19H22BF2N3O3. The number of nitrogens with zero attached hydrogens (tertiary/aromatic N) is 3. The number of rotatable bonds is 4. The van der Waals surface area contributed by atoms with Crippen molar-refractivity contribution in [2.45, 2.75) is 52.0 Å². The van der Waals surface area contributed by atoms with E-state index in [9.17, 15) is 18.8 Å². The minimum Gasteiger partial charge on any atom is -0.423 e. The van der Waals surface area contributed by atoms with Crippen molar-refractivity contribution in [2.75, 3.05) is 0 Å². The van der Waals surface area contributed by atoms with Gasteiger partial charge >= 0.3 is 7.12 Å². The lowest BCUT2D eigenvalue weighted by atomic mass is 9.81. The fourth-order valence-electron chi connectivity index (χ4n) is 4.13. The van der Waals surface area contributed by atoms with Gasteiger partial charge in [0.1, 0.15) is 5.76 Å². The van der Waals surface area contributed by atoms with Crippen LogP contribution in [0.15, 0.2) is 23.0 Å². The second-order valence-corrected chi connectivity index (χ2v) is 7.70. The SMILES string of the molecule is Cc1noc(C)c1-c1cnc2c(B(O)O)cn(CC3CCC(F)(F)CC3)c2c1. The van der Waals surface area contributed by atoms with Crippen LogP contribution in [-0.2, 0) is 6.54 Å². The molecule has 1 saturated carbocycles. The summed E-state index contributed by atoms with van der Waals surface area (Å²) in [6, 6.07) is 1.91. The highest BCUT2D eigenvalue weighted by molar-refractivity contribution is 6.61. The average Bonchev–Trinajstić information content (AvgIpc) is 3.16. The lowest BCUT2D eigenvalue weighted by Gasteiger charge is -2.28. The Labute approximate surface area is 161 Å². The van der Waals surface area contributed by atoms with Gasteiger partial charge in [0.05, 0.1) is 16.7 Å². The van der Waals surface area contributed by atoms with E-state index in [0.717, 1.165) is 22.3 Å². The minimum atomic E-state index is -2.57. The Bertz CT molecular complexity index is 986. The van der Waals surface area contributed by atoms with Crippen molar-refractivity contribution in [3.05, 3.63) is 29.9 Å². The molecule has 0 saturated heterocycles. The molecule has 3 heterocycles. The molecule has 2 N–H and O–H groups in total. The summed E-state index contributed by atoms with van der Waals surface area (Å²) in [5.41, 5.74) is 3.95. The maximum Gasteiger partial charge on any atom is 0.492 e. The third kappa shape index (κ3) is 3.44. The van der Waals surface area contributed by atoms with E-state index < -0.39 is 13.0 Å². The van der Waals surface area contributed by atoms with Crippen molar-refractivity contribution >= 4 is 23.6 Å². The number of fused-ring (bicyclic) bond motifs is 1. The molecule has 0 atom stereocenters. The van der Waals surface area contributed by atoms with Gasteiger partial charge in [-0.05, 0) is 38.7 Å². The number of pyridine rings is 1. The van der Waals surface area contributed by atoms with Crippen LogP contribution in [0.5, 0.6) is 0 Å². The average molecular weight is 389 g/mol. The van der Waals surface area contributed by atoms with Crippen LogP contribution in [0.3, 0.4) is 0 Å². The zero-order chi connectivity index (χ0) is 20.1. The highest BCUT2D eigenvalue weighted by atomic mass is 19.3. The van der Waals surface area contributed by atoms with Crippen LogP contribution >= 0.6 is 0 Å². The van der Waals surface area contributed by atoms with Crippen molar-refractivity contribution < 1.29 is 23.4 Å². The summed E-state index contributed by atoms with van der Waals surface area (Å²) in [6.07, 6.45) is 4.00. The fourth-order valence-corrected chi connectivity index (χ4v) is 4.13. The number of aryl methyl sites for hydroxylation is 2. The third-order valence-corrected chi connectivity index (χ3v) is 5.64. The van der Waals surface area contributed by atoms with Crippen LogP contribution in [0.25, 0.3) is 22.2 Å². The van der Waals surface area contributed by atoms with E-state index in [-0.39, 0.29) is 18.8 Å². The predicted molar refractivity (Wildman–Crippen MR) is 101 cm³/mol. The molecular weight excluding hydrogens is 367 g/mol. The smallest absolute Gasteiger partial charge is 0.423 e. The molecule has 0 spiro atoms. The molecule has 0 unspecified atom stereocenters. The number of aromatic nitrogens is 3. The van der Waals surface area contributed by atoms with Gasteiger partial charge in [-0.25, -0.2) is 8.78 Å². The van der Waals surface area contributed by atoms with Gasteiger partial charge in [-0.15, -0.1) is 0 Å². The van der Waals surface area contributed by atoms with Crippen LogP contribution in [0, 0.1) is 19.8 Å². The molecule has 4 rings (SSSR count). The molecule has 3 aromatic heterocycles. The van der Waals surface area contributed by atoms with Gasteiger partial charge in [0.15, 0.2) is 0 Å². The quantitative estimate of drug-likeness (QED) is 0.671. The summed E-state index contributed by atoms with van der Waals surface area (Å²) in [5, 5.41) is 23.4. The summed E-state index contributed by atoms with van der Waals surface area (Å²) in [6.45, 7) is 4.20. The van der Waals surface area contributed by atoms with Gasteiger partial charge in [0.2, 0.25) is 5.92 Å². The second kappa shape index (κ2) is 6.97. The first kappa shape index (κ1) is 19.1. The Hall–Kier alpha value is -2.26. The molecule has 9 heteroatoms. The first-order chi connectivity index (χ1) is 13.2. The van der Waals surface area contributed by atoms with Crippen molar-refractivity contribution in [1.82, 2.24) is 14.7 Å². The highest BCUT2D eigenvalue weighted by Crippen LogP contribution is 2.37. The second-order valence-electron chi connectivity index (χ2n) is 7.70. The van der Waals surface area contributed by atoms with Gasteiger partial charge in [-0.2, -0.15) is 0 Å². The Morgan fingerprint density at radius 2 is 2.00 bits per heavy atom. The Morgan fingerprint density at radius 3 is 2.61 bits per heavy atom. The van der Waals surface area contributed by atoms with Gasteiger partial charge < -0.3 is 19.1 Å². The van der Waals surface area contributed by atoms with E-state index in [0.29, 0.717) is 36.1 Å². The van der Waals surface area contributed by atoms with Crippen LogP contribution in [0.2, 0.25) is 0 Å². The maximum atomic E-state index is 13.5. The molecule has 0 amide bonds. The molecule has 0 radical (unpaired) electrons. The Balaban J connectivity index is 1.74. The molecule has 1 aliphatic carbocycles. The molecule has 28 heavy (non-hydrogen) atoms. The van der Waals surface area contributed by atoms with Gasteiger partial charge in [-0.3, -0.25) is 4.98 Å². The molecule has 148 valence electrons. The largest absolute Gasteiger partial charge is 0.492 e. The topological polar surface area (TPSA) is 84.3 Å². The fraction of sp³-hybridized carbons (Fsp3) is 0.474. The first-order valence-corrected chi connectivity index (χ1v) is 9.41. The number of alkyl halides is 2. The highest BCUT2D eigenvalue weighted by Gasteiger charge is 2.35. The van der Waals surface area contributed by atoms with Gasteiger partial charge in [0.25, 0.3) is 0 Å². The monoisotopic (exact) mass is 389 g/mol. The van der Waals surface area contributed by atoms with Crippen molar-refractivity contribution in [3.63, 3.8) is 0 Å². The first-order valence-electron chi connectivity index (χ1n) is 9.41. The summed E-state index contributed by atoms with van der Waals surface area (Å²) < 4.78 is 34.1. The van der Waals surface area contributed by atoms with Crippen molar-refractivity contribution in [2.24, 2.45) is 5.92 Å². The maximum absolute atomic E-state index is 13.5. The number of halogens is 2. The van der Waals surface area contributed by atoms with E-state index in [4.69, 9.17) is 4.52 Å². The molecule has 0 bridgehead atoms. The third-order valence-electron chi connectivity index (χ3n) is 5.64. The Kier molecular flexibility index (Phi) is 4.75. The van der Waals surface area contributed by atoms with Crippen LogP contribution in [0.4, 0.5) is 8.78 Å². The lowest BCUT2D eigenvalue weighted by Crippen LogP contribution is -2.30. The standard InChI is InChI=1S/C19H22BF2N3O3/c1-11-17(12(2)28-24-11)14-7-16-18(23-8-14)15(20(26)27)10-25(16)9-13-3-5-19(21,22)6-4-13/h7-8,10,13,26-27H,3-6,9H2,1-2H3. The Morgan fingerprint density at radius 1 is 1.29 bits per heavy atom. The van der Waals surface area contributed by atoms with Crippen molar-refractivity contribution in [1.29, 1.82) is 0 Å². The van der Waals surface area contributed by atoms with Crippen LogP contribution < -0.4 is 5.46 Å². The van der Waals surface area contributed by atoms with Crippen LogP contribution in [-0.4, -0.2) is 37.8 Å². The summed E-state index contributed by atoms with van der Waals surface area (Å²) in [7, 11) is -1.66. The summed E-state index contributed by atoms with van der Waals surface area (Å²) in [5.74, 6) is -1.78. The molecule has 3 aromatic rings. The van der Waals surface area contributed by atoms with Crippen molar-refractivity contribution in [3.8, 4) is 11.1 Å². The van der Waals surface area contributed by atoms with Gasteiger partial charge in [-0.1, -0.05) is 5.16 Å². The normalized spacial score (nSPS) is 17.4. The zero-order valence-electron chi connectivity index (χ0n) is 15.8. The molecule has 0 aliphatic heterocycles. The number of hydrogen-bond acceptors (Lipinski definition) is 5. The summed E-state index contributed by atoms with van der Waals surface area (Å²) >= 11 is 0. The lowest BCUT2D eigenvalue weighted by molar-refractivity contribution is -0.0472. The molecule has 0 aromatic carbocycles. The van der Waals surface area contributed by atoms with E-state index >= 15 is 0 Å². The zero-order valence-corrected chi connectivity index (χ0v) is 15.8. The van der Waals surface area contributed by atoms with E-state index in [1.807, 2.05) is 24.5 Å². The molecule has 1 fully saturated rings. The molecule has 6 nitrogen and oxygen atoms in total. The minimum absolute atomic E-state index is 0.102. The predicted octanol–water partition coefficient (Wildman–Crippen LogP) is 2.81. The number of hydrogen-bond donors (Lipinski definition) is 2. The van der Waals surface area contributed by atoms with Crippen LogP contribution in [0.1, 0.15) is 37.1 Å². The van der Waals surface area contributed by atoms with E-state index in [1.165, 1.54) is 0 Å². The van der Waals surface area contributed by atoms with E-state index in [2.05, 4.69) is 10.1 Å². The van der Waals surface area contributed by atoms with E-state index in [1.54, 1.807) is 12.4 Å². The molecule has 1 aliphatic rings. The summed E-state index contributed by atoms with van der Waals surface area (Å²) in [4.78, 5) is 4.45.